The summed E-state index contributed by atoms with van der Waals surface area (Å²) < 4.78 is 0. The van der Waals surface area contributed by atoms with Crippen molar-refractivity contribution in [2.75, 3.05) is 11.9 Å². The minimum absolute atomic E-state index is 0.0266. The first kappa shape index (κ1) is 16.7. The predicted octanol–water partition coefficient (Wildman–Crippen LogP) is 2.87. The van der Waals surface area contributed by atoms with Crippen LogP contribution in [0.3, 0.4) is 0 Å². The van der Waals surface area contributed by atoms with Gasteiger partial charge in [-0.25, -0.2) is 4.79 Å². The second kappa shape index (κ2) is 7.56. The summed E-state index contributed by atoms with van der Waals surface area (Å²) in [5.74, 6) is -1.59. The highest BCUT2D eigenvalue weighted by atomic mass is 16.4. The molecule has 0 bridgehead atoms. The molecule has 1 amide bonds. The van der Waals surface area contributed by atoms with Crippen LogP contribution >= 0.6 is 0 Å². The molecule has 0 aliphatic rings. The number of carbonyl (C=O) groups is 2. The summed E-state index contributed by atoms with van der Waals surface area (Å²) >= 11 is 0. The summed E-state index contributed by atoms with van der Waals surface area (Å²) in [6, 6.07) is 11.6. The fourth-order valence-corrected chi connectivity index (χ4v) is 2.39. The van der Waals surface area contributed by atoms with Crippen molar-refractivity contribution in [3.63, 3.8) is 0 Å². The lowest BCUT2D eigenvalue weighted by Crippen LogP contribution is -2.16. The number of hydrogen-bond donors (Lipinski definition) is 3. The van der Waals surface area contributed by atoms with Gasteiger partial charge in [-0.05, 0) is 55.2 Å². The first-order valence-electron chi connectivity index (χ1n) is 7.37. The molecule has 5 nitrogen and oxygen atoms in total. The molecular formula is C18H19NO4. The van der Waals surface area contributed by atoms with Gasteiger partial charge in [0, 0.05) is 12.3 Å². The molecule has 0 spiro atoms. The number of anilines is 1. The van der Waals surface area contributed by atoms with Gasteiger partial charge in [-0.2, -0.15) is 0 Å². The van der Waals surface area contributed by atoms with Crippen molar-refractivity contribution in [2.24, 2.45) is 0 Å². The maximum absolute atomic E-state index is 12.3. The van der Waals surface area contributed by atoms with Crippen molar-refractivity contribution < 1.29 is 19.8 Å². The van der Waals surface area contributed by atoms with E-state index in [1.807, 2.05) is 19.1 Å². The molecule has 2 aromatic rings. The molecule has 120 valence electrons. The average Bonchev–Trinajstić information content (AvgIpc) is 2.54. The van der Waals surface area contributed by atoms with E-state index < -0.39 is 11.9 Å². The van der Waals surface area contributed by atoms with E-state index in [2.05, 4.69) is 5.32 Å². The first-order valence-corrected chi connectivity index (χ1v) is 7.37. The Morgan fingerprint density at radius 3 is 2.39 bits per heavy atom. The van der Waals surface area contributed by atoms with Crippen LogP contribution in [0, 0.1) is 6.92 Å². The van der Waals surface area contributed by atoms with Crippen LogP contribution in [0.15, 0.2) is 42.5 Å². The normalized spacial score (nSPS) is 10.3. The third-order valence-corrected chi connectivity index (χ3v) is 3.61. The first-order chi connectivity index (χ1) is 11.0. The molecule has 0 heterocycles. The van der Waals surface area contributed by atoms with E-state index in [1.54, 1.807) is 18.2 Å². The summed E-state index contributed by atoms with van der Waals surface area (Å²) in [5.41, 5.74) is 2.84. The number of hydrogen-bond acceptors (Lipinski definition) is 3. The second-order valence-corrected chi connectivity index (χ2v) is 5.27. The van der Waals surface area contributed by atoms with Crippen LogP contribution in [0.25, 0.3) is 0 Å². The van der Waals surface area contributed by atoms with E-state index in [0.29, 0.717) is 12.1 Å². The molecule has 2 aromatic carbocycles. The Bertz CT molecular complexity index is 725. The van der Waals surface area contributed by atoms with Crippen LogP contribution in [-0.4, -0.2) is 28.7 Å². The minimum atomic E-state index is -1.13. The number of carboxylic acids is 1. The third-order valence-electron chi connectivity index (χ3n) is 3.61. The highest BCUT2D eigenvalue weighted by Crippen LogP contribution is 2.18. The Kier molecular flexibility index (Phi) is 5.49. The fraction of sp³-hybridized carbons (Fsp3) is 0.222. The monoisotopic (exact) mass is 313 g/mol. The molecule has 0 saturated heterocycles. The Morgan fingerprint density at radius 1 is 1.09 bits per heavy atom. The molecule has 0 fully saturated rings. The molecule has 2 rings (SSSR count). The van der Waals surface area contributed by atoms with Gasteiger partial charge in [-0.15, -0.1) is 0 Å². The van der Waals surface area contributed by atoms with Crippen LogP contribution < -0.4 is 5.32 Å². The van der Waals surface area contributed by atoms with E-state index in [4.69, 9.17) is 10.2 Å². The van der Waals surface area contributed by atoms with Gasteiger partial charge < -0.3 is 15.5 Å². The van der Waals surface area contributed by atoms with Crippen LogP contribution in [0.5, 0.6) is 0 Å². The number of aryl methyl sites for hydroxylation is 2. The zero-order chi connectivity index (χ0) is 16.8. The predicted molar refractivity (Wildman–Crippen MR) is 87.9 cm³/mol. The van der Waals surface area contributed by atoms with Crippen molar-refractivity contribution in [3.8, 4) is 0 Å². The lowest BCUT2D eigenvalue weighted by molar-refractivity contribution is 0.0692. The fourth-order valence-electron chi connectivity index (χ4n) is 2.39. The molecule has 0 aliphatic carbocycles. The average molecular weight is 313 g/mol. The highest BCUT2D eigenvalue weighted by molar-refractivity contribution is 6.10. The number of aliphatic hydroxyl groups is 1. The maximum Gasteiger partial charge on any atom is 0.336 e. The van der Waals surface area contributed by atoms with E-state index in [0.717, 1.165) is 17.5 Å². The van der Waals surface area contributed by atoms with Gasteiger partial charge in [0.2, 0.25) is 0 Å². The lowest BCUT2D eigenvalue weighted by atomic mass is 10.0. The minimum Gasteiger partial charge on any atom is -0.478 e. The lowest BCUT2D eigenvalue weighted by Gasteiger charge is -2.11. The highest BCUT2D eigenvalue weighted by Gasteiger charge is 2.16. The van der Waals surface area contributed by atoms with Crippen LogP contribution in [0.4, 0.5) is 5.69 Å². The summed E-state index contributed by atoms with van der Waals surface area (Å²) in [6.07, 6.45) is 1.47. The van der Waals surface area contributed by atoms with Gasteiger partial charge in [0.1, 0.15) is 0 Å². The summed E-state index contributed by atoms with van der Waals surface area (Å²) in [5, 5.41) is 20.8. The number of aliphatic hydroxyl groups excluding tert-OH is 1. The zero-order valence-corrected chi connectivity index (χ0v) is 12.9. The number of aromatic carboxylic acids is 1. The molecule has 0 saturated carbocycles. The molecule has 23 heavy (non-hydrogen) atoms. The molecule has 5 heteroatoms. The smallest absolute Gasteiger partial charge is 0.336 e. The van der Waals surface area contributed by atoms with Crippen LogP contribution in [-0.2, 0) is 6.42 Å². The number of carboxylic acid groups (broad SMARTS) is 1. The Morgan fingerprint density at radius 2 is 1.78 bits per heavy atom. The zero-order valence-electron chi connectivity index (χ0n) is 12.9. The third kappa shape index (κ3) is 4.17. The topological polar surface area (TPSA) is 86.6 Å². The van der Waals surface area contributed by atoms with E-state index >= 15 is 0 Å². The number of nitrogens with one attached hydrogen (secondary N) is 1. The molecule has 0 aliphatic heterocycles. The quantitative estimate of drug-likeness (QED) is 0.765. The van der Waals surface area contributed by atoms with Gasteiger partial charge in [-0.3, -0.25) is 4.79 Å². The number of amides is 1. The summed E-state index contributed by atoms with van der Waals surface area (Å²) in [4.78, 5) is 23.5. The molecular weight excluding hydrogens is 294 g/mol. The number of benzene rings is 2. The largest absolute Gasteiger partial charge is 0.478 e. The van der Waals surface area contributed by atoms with Gasteiger partial charge in [-0.1, -0.05) is 18.2 Å². The standard InChI is InChI=1S/C18H19NO4/c1-12-11-14(9-8-13(12)5-4-10-20)19-17(21)15-6-2-3-7-16(15)18(22)23/h2-3,6-9,11,20H,4-5,10H2,1H3,(H,19,21)(H,22,23). The molecule has 0 radical (unpaired) electrons. The van der Waals surface area contributed by atoms with Crippen molar-refractivity contribution >= 4 is 17.6 Å². The van der Waals surface area contributed by atoms with Gasteiger partial charge in [0.25, 0.3) is 5.91 Å². The van der Waals surface area contributed by atoms with Gasteiger partial charge in [0.15, 0.2) is 0 Å². The van der Waals surface area contributed by atoms with Crippen molar-refractivity contribution in [3.05, 3.63) is 64.7 Å². The summed E-state index contributed by atoms with van der Waals surface area (Å²) in [6.45, 7) is 2.08. The van der Waals surface area contributed by atoms with E-state index in [9.17, 15) is 9.59 Å². The van der Waals surface area contributed by atoms with E-state index in [1.165, 1.54) is 12.1 Å². The van der Waals surface area contributed by atoms with Gasteiger partial charge >= 0.3 is 5.97 Å². The summed E-state index contributed by atoms with van der Waals surface area (Å²) in [7, 11) is 0. The maximum atomic E-state index is 12.3. The van der Waals surface area contributed by atoms with Gasteiger partial charge in [0.05, 0.1) is 11.1 Å². The van der Waals surface area contributed by atoms with E-state index in [-0.39, 0.29) is 17.7 Å². The van der Waals surface area contributed by atoms with Crippen molar-refractivity contribution in [1.29, 1.82) is 0 Å². The molecule has 0 atom stereocenters. The number of carbonyl (C=O) groups excluding carboxylic acids is 1. The van der Waals surface area contributed by atoms with Crippen molar-refractivity contribution in [1.82, 2.24) is 0 Å². The number of rotatable bonds is 6. The molecule has 0 unspecified atom stereocenters. The Hall–Kier alpha value is -2.66. The van der Waals surface area contributed by atoms with Crippen LogP contribution in [0.1, 0.15) is 38.3 Å². The molecule has 3 N–H and O–H groups in total. The SMILES string of the molecule is Cc1cc(NC(=O)c2ccccc2C(=O)O)ccc1CCCO. The van der Waals surface area contributed by atoms with Crippen LogP contribution in [0.2, 0.25) is 0 Å². The Labute approximate surface area is 134 Å². The van der Waals surface area contributed by atoms with Crippen molar-refractivity contribution in [2.45, 2.75) is 19.8 Å². The Balaban J connectivity index is 2.18. The molecule has 0 aromatic heterocycles. The second-order valence-electron chi connectivity index (χ2n) is 5.27.